The van der Waals surface area contributed by atoms with Crippen LogP contribution in [0.15, 0.2) is 24.3 Å². The number of carbonyl (C=O) groups excluding carboxylic acids is 1. The number of benzene rings is 1. The lowest BCUT2D eigenvalue weighted by molar-refractivity contribution is 0.0855. The number of carbonyl (C=O) groups is 1. The first-order valence-corrected chi connectivity index (χ1v) is 6.22. The molecule has 0 heterocycles. The van der Waals surface area contributed by atoms with E-state index in [2.05, 4.69) is 0 Å². The average molecular weight is 233 g/mol. The van der Waals surface area contributed by atoms with E-state index in [1.54, 1.807) is 12.1 Å². The molecular formula is C14H16FNO. The third-order valence-electron chi connectivity index (χ3n) is 4.39. The molecule has 4 atom stereocenters. The van der Waals surface area contributed by atoms with Crippen LogP contribution in [-0.2, 0) is 0 Å². The normalized spacial score (nSPS) is 35.2. The molecule has 4 unspecified atom stereocenters. The standard InChI is InChI=1S/C14H16FNO/c15-11-3-1-2-10(7-11)14(17)12-8-4-5-9(6-8)13(12)16/h1-3,7-9,12-13H,4-6,16H2. The molecule has 3 rings (SSSR count). The van der Waals surface area contributed by atoms with Gasteiger partial charge in [0.1, 0.15) is 5.82 Å². The van der Waals surface area contributed by atoms with Crippen LogP contribution in [0.25, 0.3) is 0 Å². The summed E-state index contributed by atoms with van der Waals surface area (Å²) in [5, 5.41) is 0. The molecule has 2 bridgehead atoms. The molecule has 2 N–H and O–H groups in total. The number of halogens is 1. The molecule has 1 aromatic rings. The van der Waals surface area contributed by atoms with E-state index in [0.717, 1.165) is 19.3 Å². The first-order chi connectivity index (χ1) is 8.16. The summed E-state index contributed by atoms with van der Waals surface area (Å²) >= 11 is 0. The summed E-state index contributed by atoms with van der Waals surface area (Å²) in [7, 11) is 0. The fraction of sp³-hybridized carbons (Fsp3) is 0.500. The van der Waals surface area contributed by atoms with Crippen LogP contribution in [0.3, 0.4) is 0 Å². The Labute approximate surface area is 100 Å². The summed E-state index contributed by atoms with van der Waals surface area (Å²) in [6.45, 7) is 0. The SMILES string of the molecule is NC1C2CCC(C2)C1C(=O)c1cccc(F)c1. The zero-order chi connectivity index (χ0) is 12.0. The number of hydrogen-bond acceptors (Lipinski definition) is 2. The average Bonchev–Trinajstić information content (AvgIpc) is 2.88. The lowest BCUT2D eigenvalue weighted by atomic mass is 9.80. The van der Waals surface area contributed by atoms with E-state index in [1.165, 1.54) is 12.1 Å². The Kier molecular flexibility index (Phi) is 2.51. The van der Waals surface area contributed by atoms with Crippen molar-refractivity contribution in [2.45, 2.75) is 25.3 Å². The maximum Gasteiger partial charge on any atom is 0.167 e. The Morgan fingerprint density at radius 1 is 1.29 bits per heavy atom. The van der Waals surface area contributed by atoms with Crippen molar-refractivity contribution in [1.82, 2.24) is 0 Å². The second-order valence-electron chi connectivity index (χ2n) is 5.31. The Balaban J connectivity index is 1.88. The predicted molar refractivity (Wildman–Crippen MR) is 63.0 cm³/mol. The molecule has 0 amide bonds. The number of fused-ring (bicyclic) bond motifs is 2. The van der Waals surface area contributed by atoms with E-state index >= 15 is 0 Å². The Hall–Kier alpha value is -1.22. The number of ketones is 1. The minimum Gasteiger partial charge on any atom is -0.327 e. The second kappa shape index (κ2) is 3.91. The molecule has 1 aromatic carbocycles. The summed E-state index contributed by atoms with van der Waals surface area (Å²) in [4.78, 5) is 12.4. The summed E-state index contributed by atoms with van der Waals surface area (Å²) in [5.41, 5.74) is 6.60. The highest BCUT2D eigenvalue weighted by molar-refractivity contribution is 5.98. The van der Waals surface area contributed by atoms with Crippen LogP contribution in [0.2, 0.25) is 0 Å². The van der Waals surface area contributed by atoms with Gasteiger partial charge in [-0.3, -0.25) is 4.79 Å². The summed E-state index contributed by atoms with van der Waals surface area (Å²) in [5.74, 6) is 0.514. The van der Waals surface area contributed by atoms with E-state index in [-0.39, 0.29) is 23.6 Å². The second-order valence-corrected chi connectivity index (χ2v) is 5.31. The first kappa shape index (κ1) is 10.9. The van der Waals surface area contributed by atoms with Crippen molar-refractivity contribution in [3.8, 4) is 0 Å². The van der Waals surface area contributed by atoms with E-state index < -0.39 is 0 Å². The number of Topliss-reactive ketones (excluding diaryl/α,β-unsaturated/α-hetero) is 1. The van der Waals surface area contributed by atoms with Gasteiger partial charge in [0.15, 0.2) is 5.78 Å². The fourth-order valence-corrected chi connectivity index (χ4v) is 3.56. The van der Waals surface area contributed by atoms with Gasteiger partial charge < -0.3 is 5.73 Å². The van der Waals surface area contributed by atoms with Gasteiger partial charge >= 0.3 is 0 Å². The zero-order valence-corrected chi connectivity index (χ0v) is 9.60. The van der Waals surface area contributed by atoms with Gasteiger partial charge in [-0.15, -0.1) is 0 Å². The van der Waals surface area contributed by atoms with Crippen molar-refractivity contribution in [3.05, 3.63) is 35.6 Å². The highest BCUT2D eigenvalue weighted by atomic mass is 19.1. The summed E-state index contributed by atoms with van der Waals surface area (Å²) in [6.07, 6.45) is 3.33. The Morgan fingerprint density at radius 2 is 2.06 bits per heavy atom. The predicted octanol–water partition coefficient (Wildman–Crippen LogP) is 2.38. The lowest BCUT2D eigenvalue weighted by Gasteiger charge is -2.26. The van der Waals surface area contributed by atoms with Gasteiger partial charge in [0.2, 0.25) is 0 Å². The van der Waals surface area contributed by atoms with Crippen LogP contribution in [0.1, 0.15) is 29.6 Å². The molecule has 3 heteroatoms. The van der Waals surface area contributed by atoms with E-state index in [0.29, 0.717) is 17.4 Å². The Morgan fingerprint density at radius 3 is 2.71 bits per heavy atom. The molecule has 2 aliphatic carbocycles. The maximum absolute atomic E-state index is 13.1. The third-order valence-corrected chi connectivity index (χ3v) is 4.39. The summed E-state index contributed by atoms with van der Waals surface area (Å²) in [6, 6.07) is 5.92. The minimum atomic E-state index is -0.354. The van der Waals surface area contributed by atoms with Crippen LogP contribution in [-0.4, -0.2) is 11.8 Å². The molecule has 2 saturated carbocycles. The lowest BCUT2D eigenvalue weighted by Crippen LogP contribution is -2.40. The fourth-order valence-electron chi connectivity index (χ4n) is 3.56. The van der Waals surface area contributed by atoms with Crippen molar-refractivity contribution < 1.29 is 9.18 Å². The van der Waals surface area contributed by atoms with Crippen LogP contribution in [0, 0.1) is 23.6 Å². The van der Waals surface area contributed by atoms with E-state index in [4.69, 9.17) is 5.73 Å². The highest BCUT2D eigenvalue weighted by Crippen LogP contribution is 2.48. The quantitative estimate of drug-likeness (QED) is 0.797. The van der Waals surface area contributed by atoms with Crippen LogP contribution < -0.4 is 5.73 Å². The van der Waals surface area contributed by atoms with Crippen LogP contribution in [0.5, 0.6) is 0 Å². The van der Waals surface area contributed by atoms with E-state index in [9.17, 15) is 9.18 Å². The van der Waals surface area contributed by atoms with Crippen LogP contribution in [0.4, 0.5) is 4.39 Å². The third kappa shape index (κ3) is 1.69. The topological polar surface area (TPSA) is 43.1 Å². The highest BCUT2D eigenvalue weighted by Gasteiger charge is 2.48. The molecule has 0 saturated heterocycles. The van der Waals surface area contributed by atoms with Gasteiger partial charge in [-0.25, -0.2) is 4.39 Å². The van der Waals surface area contributed by atoms with Gasteiger partial charge in [0, 0.05) is 17.5 Å². The molecule has 2 fully saturated rings. The maximum atomic E-state index is 13.1. The molecule has 0 aliphatic heterocycles. The molecule has 0 radical (unpaired) electrons. The largest absolute Gasteiger partial charge is 0.327 e. The van der Waals surface area contributed by atoms with Gasteiger partial charge in [0.05, 0.1) is 0 Å². The van der Waals surface area contributed by atoms with Gasteiger partial charge in [-0.1, -0.05) is 12.1 Å². The molecule has 2 nitrogen and oxygen atoms in total. The van der Waals surface area contributed by atoms with Crippen LogP contribution >= 0.6 is 0 Å². The van der Waals surface area contributed by atoms with Gasteiger partial charge in [0.25, 0.3) is 0 Å². The number of nitrogens with two attached hydrogens (primary N) is 1. The Bertz CT molecular complexity index is 457. The summed E-state index contributed by atoms with van der Waals surface area (Å²) < 4.78 is 13.1. The molecule has 90 valence electrons. The van der Waals surface area contributed by atoms with Crippen molar-refractivity contribution in [3.63, 3.8) is 0 Å². The van der Waals surface area contributed by atoms with Gasteiger partial charge in [-0.2, -0.15) is 0 Å². The van der Waals surface area contributed by atoms with Gasteiger partial charge in [-0.05, 0) is 43.2 Å². The van der Waals surface area contributed by atoms with E-state index in [1.807, 2.05) is 0 Å². The first-order valence-electron chi connectivity index (χ1n) is 6.22. The molecular weight excluding hydrogens is 217 g/mol. The monoisotopic (exact) mass is 233 g/mol. The minimum absolute atomic E-state index is 0.0236. The molecule has 2 aliphatic rings. The van der Waals surface area contributed by atoms with Crippen molar-refractivity contribution in [1.29, 1.82) is 0 Å². The molecule has 0 aromatic heterocycles. The van der Waals surface area contributed by atoms with Crippen molar-refractivity contribution in [2.75, 3.05) is 0 Å². The van der Waals surface area contributed by atoms with Crippen molar-refractivity contribution >= 4 is 5.78 Å². The molecule has 0 spiro atoms. The van der Waals surface area contributed by atoms with Crippen molar-refractivity contribution in [2.24, 2.45) is 23.5 Å². The number of hydrogen-bond donors (Lipinski definition) is 1. The number of rotatable bonds is 2. The molecule has 17 heavy (non-hydrogen) atoms. The zero-order valence-electron chi connectivity index (χ0n) is 9.60. The smallest absolute Gasteiger partial charge is 0.167 e.